The van der Waals surface area contributed by atoms with E-state index in [9.17, 15) is 10.4 Å². The minimum Gasteiger partial charge on any atom is -0.761 e. The second kappa shape index (κ2) is 3.93. The highest BCUT2D eigenvalue weighted by Crippen LogP contribution is 2.14. The zero-order valence-corrected chi connectivity index (χ0v) is 6.22. The molecule has 7 nitrogen and oxygen atoms in total. The standard InChI is InChI=1S/C4H10N2O5/c1-4(3-11-2,5(7)8)6(9)10/h7,9H,3H2,1-2H3/q-2. The van der Waals surface area contributed by atoms with Gasteiger partial charge in [0.05, 0.1) is 6.61 Å². The van der Waals surface area contributed by atoms with Gasteiger partial charge in [0.2, 0.25) is 0 Å². The minimum atomic E-state index is -2.01. The lowest BCUT2D eigenvalue weighted by molar-refractivity contribution is -0.273. The third kappa shape index (κ3) is 2.34. The smallest absolute Gasteiger partial charge is 0.115 e. The summed E-state index contributed by atoms with van der Waals surface area (Å²) in [5.74, 6) is 0. The number of ether oxygens (including phenoxy) is 1. The van der Waals surface area contributed by atoms with E-state index in [2.05, 4.69) is 4.74 Å². The molecule has 0 aromatic carbocycles. The molecular formula is C4H10N2O5-2. The Morgan fingerprint density at radius 1 is 1.36 bits per heavy atom. The fraction of sp³-hybridized carbons (Fsp3) is 1.00. The van der Waals surface area contributed by atoms with Crippen LogP contribution in [0.15, 0.2) is 0 Å². The molecule has 7 heteroatoms. The summed E-state index contributed by atoms with van der Waals surface area (Å²) in [7, 11) is 1.23. The van der Waals surface area contributed by atoms with Crippen LogP contribution in [0.2, 0.25) is 0 Å². The second-order valence-corrected chi connectivity index (χ2v) is 2.20. The van der Waals surface area contributed by atoms with Gasteiger partial charge in [-0.25, -0.2) is 10.5 Å². The van der Waals surface area contributed by atoms with Gasteiger partial charge in [-0.15, -0.1) is 0 Å². The summed E-state index contributed by atoms with van der Waals surface area (Å²) in [5, 5.41) is 36.0. The molecule has 0 saturated carbocycles. The lowest BCUT2D eigenvalue weighted by atomic mass is 10.2. The van der Waals surface area contributed by atoms with Gasteiger partial charge < -0.3 is 25.6 Å². The molecule has 0 aliphatic rings. The Morgan fingerprint density at radius 2 is 1.73 bits per heavy atom. The molecule has 0 aliphatic carbocycles. The summed E-state index contributed by atoms with van der Waals surface area (Å²) in [4.78, 5) is 0. The summed E-state index contributed by atoms with van der Waals surface area (Å²) in [6, 6.07) is 0. The monoisotopic (exact) mass is 166 g/mol. The van der Waals surface area contributed by atoms with Gasteiger partial charge in [-0.05, 0) is 6.92 Å². The maximum Gasteiger partial charge on any atom is 0.115 e. The van der Waals surface area contributed by atoms with Crippen molar-refractivity contribution in [1.82, 2.24) is 10.5 Å². The van der Waals surface area contributed by atoms with E-state index in [4.69, 9.17) is 10.4 Å². The van der Waals surface area contributed by atoms with Crippen molar-refractivity contribution in [3.63, 3.8) is 0 Å². The van der Waals surface area contributed by atoms with E-state index in [0.29, 0.717) is 0 Å². The lowest BCUT2D eigenvalue weighted by Gasteiger charge is -2.48. The molecule has 11 heavy (non-hydrogen) atoms. The van der Waals surface area contributed by atoms with Crippen LogP contribution in [0.5, 0.6) is 0 Å². The maximum absolute atomic E-state index is 10.3. The molecule has 0 amide bonds. The van der Waals surface area contributed by atoms with E-state index in [0.717, 1.165) is 6.92 Å². The van der Waals surface area contributed by atoms with Crippen molar-refractivity contribution in [2.75, 3.05) is 13.7 Å². The third-order valence-corrected chi connectivity index (χ3v) is 1.24. The van der Waals surface area contributed by atoms with Crippen molar-refractivity contribution >= 4 is 0 Å². The SMILES string of the molecule is COCC(C)(N([O-])O)N([O-])O. The molecule has 2 N–H and O–H groups in total. The molecule has 0 unspecified atom stereocenters. The highest BCUT2D eigenvalue weighted by atomic mass is 16.8. The number of methoxy groups -OCH3 is 1. The second-order valence-electron chi connectivity index (χ2n) is 2.20. The van der Waals surface area contributed by atoms with Crippen LogP contribution < -0.4 is 0 Å². The first kappa shape index (κ1) is 10.7. The van der Waals surface area contributed by atoms with Crippen molar-refractivity contribution in [2.24, 2.45) is 0 Å². The molecule has 0 bridgehead atoms. The Labute approximate surface area is 63.5 Å². The number of hydroxylamine groups is 4. The van der Waals surface area contributed by atoms with Crippen LogP contribution in [0.3, 0.4) is 0 Å². The summed E-state index contributed by atoms with van der Waals surface area (Å²) in [6.07, 6.45) is 0. The molecular weight excluding hydrogens is 156 g/mol. The lowest BCUT2D eigenvalue weighted by Crippen LogP contribution is -2.55. The average Bonchev–Trinajstić information content (AvgIpc) is 1.87. The Morgan fingerprint density at radius 3 is 1.82 bits per heavy atom. The molecule has 0 aliphatic heterocycles. The zero-order valence-electron chi connectivity index (χ0n) is 6.22. The predicted molar refractivity (Wildman–Crippen MR) is 34.3 cm³/mol. The van der Waals surface area contributed by atoms with Crippen molar-refractivity contribution < 1.29 is 15.2 Å². The molecule has 0 heterocycles. The van der Waals surface area contributed by atoms with E-state index in [1.807, 2.05) is 0 Å². The van der Waals surface area contributed by atoms with E-state index >= 15 is 0 Å². The van der Waals surface area contributed by atoms with Gasteiger partial charge in [-0.3, -0.25) is 0 Å². The van der Waals surface area contributed by atoms with Gasteiger partial charge in [0.15, 0.2) is 0 Å². The molecule has 0 fully saturated rings. The van der Waals surface area contributed by atoms with Crippen LogP contribution >= 0.6 is 0 Å². The normalized spacial score (nSPS) is 13.1. The molecule has 0 radical (unpaired) electrons. The number of rotatable bonds is 4. The summed E-state index contributed by atoms with van der Waals surface area (Å²) in [5.41, 5.74) is -2.01. The highest BCUT2D eigenvalue weighted by molar-refractivity contribution is 4.78. The summed E-state index contributed by atoms with van der Waals surface area (Å²) < 4.78 is 4.43. The number of hydrogen-bond donors (Lipinski definition) is 2. The quantitative estimate of drug-likeness (QED) is 0.437. The van der Waals surface area contributed by atoms with Crippen LogP contribution in [-0.2, 0) is 4.74 Å². The van der Waals surface area contributed by atoms with Crippen LogP contribution in [0.1, 0.15) is 6.92 Å². The predicted octanol–water partition coefficient (Wildman–Crippen LogP) is -0.273. The van der Waals surface area contributed by atoms with Gasteiger partial charge >= 0.3 is 0 Å². The first-order chi connectivity index (χ1) is 4.95. The van der Waals surface area contributed by atoms with Crippen molar-refractivity contribution in [3.8, 4) is 0 Å². The first-order valence-corrected chi connectivity index (χ1v) is 2.76. The largest absolute Gasteiger partial charge is 0.761 e. The summed E-state index contributed by atoms with van der Waals surface area (Å²) in [6.45, 7) is 0.615. The molecule has 0 rings (SSSR count). The first-order valence-electron chi connectivity index (χ1n) is 2.76. The van der Waals surface area contributed by atoms with Gasteiger partial charge in [0.1, 0.15) is 5.66 Å². The Bertz CT molecular complexity index is 109. The molecule has 0 atom stereocenters. The van der Waals surface area contributed by atoms with Gasteiger partial charge in [-0.2, -0.15) is 0 Å². The van der Waals surface area contributed by atoms with Crippen LogP contribution in [0, 0.1) is 10.4 Å². The molecule has 0 aromatic rings. The van der Waals surface area contributed by atoms with Gasteiger partial charge in [0.25, 0.3) is 0 Å². The van der Waals surface area contributed by atoms with Crippen LogP contribution in [0.4, 0.5) is 0 Å². The summed E-state index contributed by atoms with van der Waals surface area (Å²) >= 11 is 0. The minimum absolute atomic E-state index is 0.410. The van der Waals surface area contributed by atoms with Gasteiger partial charge in [0, 0.05) is 7.11 Å². The average molecular weight is 166 g/mol. The topological polar surface area (TPSA) is 102 Å². The van der Waals surface area contributed by atoms with E-state index in [1.54, 1.807) is 0 Å². The number of nitrogens with zero attached hydrogens (tertiary/aromatic N) is 2. The zero-order chi connectivity index (χ0) is 9.07. The maximum atomic E-state index is 10.3. The Balaban J connectivity index is 4.26. The Kier molecular flexibility index (Phi) is 3.83. The highest BCUT2D eigenvalue weighted by Gasteiger charge is 2.26. The molecule has 0 saturated heterocycles. The molecule has 0 aromatic heterocycles. The van der Waals surface area contributed by atoms with Gasteiger partial charge in [-0.1, -0.05) is 0 Å². The fourth-order valence-corrected chi connectivity index (χ4v) is 0.457. The van der Waals surface area contributed by atoms with Crippen molar-refractivity contribution in [1.29, 1.82) is 0 Å². The fourth-order valence-electron chi connectivity index (χ4n) is 0.457. The molecule has 68 valence electrons. The van der Waals surface area contributed by atoms with Crippen molar-refractivity contribution in [3.05, 3.63) is 10.4 Å². The number of hydrogen-bond acceptors (Lipinski definition) is 7. The van der Waals surface area contributed by atoms with Crippen LogP contribution in [0.25, 0.3) is 0 Å². The third-order valence-electron chi connectivity index (χ3n) is 1.24. The van der Waals surface area contributed by atoms with E-state index in [-0.39, 0.29) is 0 Å². The Hall–Kier alpha value is -0.280. The molecule has 0 spiro atoms. The van der Waals surface area contributed by atoms with E-state index < -0.39 is 22.7 Å². The van der Waals surface area contributed by atoms with Crippen LogP contribution in [-0.4, -0.2) is 40.2 Å². The van der Waals surface area contributed by atoms with Crippen molar-refractivity contribution in [2.45, 2.75) is 12.6 Å². The van der Waals surface area contributed by atoms with E-state index in [1.165, 1.54) is 7.11 Å².